The maximum atomic E-state index is 13.3. The summed E-state index contributed by atoms with van der Waals surface area (Å²) in [5.74, 6) is 0.185. The second kappa shape index (κ2) is 7.73. The number of rotatable bonds is 6. The molecule has 0 saturated carbocycles. The number of aromatic nitrogens is 1. The van der Waals surface area contributed by atoms with Gasteiger partial charge in [-0.25, -0.2) is 4.98 Å². The number of carbonyl (C=O) groups is 1. The van der Waals surface area contributed by atoms with Gasteiger partial charge in [-0.3, -0.25) is 9.69 Å². The van der Waals surface area contributed by atoms with Crippen molar-refractivity contribution in [2.45, 2.75) is 13.3 Å². The molecular formula is C22H23N3O2S. The first kappa shape index (κ1) is 18.7. The smallest absolute Gasteiger partial charge is 0.295 e. The topological polar surface area (TPSA) is 49.6 Å². The number of likely N-dealkylation sites (N-methyl/N-ethyl adjacent to an activating group) is 1. The van der Waals surface area contributed by atoms with Crippen LogP contribution in [0.1, 0.15) is 23.0 Å². The fourth-order valence-corrected chi connectivity index (χ4v) is 4.24. The van der Waals surface area contributed by atoms with Crippen LogP contribution in [0, 0.1) is 0 Å². The van der Waals surface area contributed by atoms with Gasteiger partial charge in [0.15, 0.2) is 10.9 Å². The number of anilines is 1. The van der Waals surface area contributed by atoms with Gasteiger partial charge in [-0.1, -0.05) is 48.6 Å². The van der Waals surface area contributed by atoms with Gasteiger partial charge in [0.25, 0.3) is 5.91 Å². The highest BCUT2D eigenvalue weighted by molar-refractivity contribution is 7.22. The van der Waals surface area contributed by atoms with Crippen LogP contribution in [0.4, 0.5) is 5.13 Å². The van der Waals surface area contributed by atoms with E-state index < -0.39 is 0 Å². The Labute approximate surface area is 168 Å². The van der Waals surface area contributed by atoms with E-state index in [1.807, 2.05) is 50.5 Å². The van der Waals surface area contributed by atoms with E-state index in [0.29, 0.717) is 17.4 Å². The maximum absolute atomic E-state index is 13.3. The highest BCUT2D eigenvalue weighted by atomic mass is 32.1. The molecule has 144 valence electrons. The molecule has 0 aliphatic rings. The number of thiazole rings is 1. The van der Waals surface area contributed by atoms with Crippen LogP contribution in [0.2, 0.25) is 0 Å². The number of carbonyl (C=O) groups excluding carboxylic acids is 1. The van der Waals surface area contributed by atoms with E-state index in [1.54, 1.807) is 16.2 Å². The highest BCUT2D eigenvalue weighted by Crippen LogP contribution is 2.32. The van der Waals surface area contributed by atoms with E-state index in [-0.39, 0.29) is 5.91 Å². The van der Waals surface area contributed by atoms with Crippen LogP contribution in [0.25, 0.3) is 21.2 Å². The standard InChI is InChI=1S/C22H23N3O2S/c1-4-15-9-7-11-19-20(15)23-22(28-19)25(13-12-24(2)3)21(26)18-14-16-8-5-6-10-17(16)27-18/h5-11,14H,4,12-13H2,1-3H3. The van der Waals surface area contributed by atoms with Crippen LogP contribution in [0.5, 0.6) is 0 Å². The second-order valence-corrected chi connectivity index (χ2v) is 8.03. The molecule has 4 rings (SSSR count). The predicted molar refractivity (Wildman–Crippen MR) is 115 cm³/mol. The van der Waals surface area contributed by atoms with Gasteiger partial charge in [-0.2, -0.15) is 0 Å². The van der Waals surface area contributed by atoms with Crippen molar-refractivity contribution in [2.75, 3.05) is 32.1 Å². The van der Waals surface area contributed by atoms with Crippen LogP contribution in [-0.2, 0) is 6.42 Å². The number of amides is 1. The van der Waals surface area contributed by atoms with Crippen molar-refractivity contribution in [3.05, 3.63) is 59.9 Å². The molecule has 0 N–H and O–H groups in total. The van der Waals surface area contributed by atoms with Gasteiger partial charge in [0.2, 0.25) is 0 Å². The van der Waals surface area contributed by atoms with E-state index >= 15 is 0 Å². The summed E-state index contributed by atoms with van der Waals surface area (Å²) in [5.41, 5.74) is 2.90. The van der Waals surface area contributed by atoms with Gasteiger partial charge >= 0.3 is 0 Å². The molecule has 4 aromatic rings. The molecule has 2 heterocycles. The van der Waals surface area contributed by atoms with Crippen molar-refractivity contribution in [3.63, 3.8) is 0 Å². The van der Waals surface area contributed by atoms with Crippen molar-refractivity contribution in [2.24, 2.45) is 0 Å². The molecule has 2 aromatic heterocycles. The number of benzene rings is 2. The van der Waals surface area contributed by atoms with Gasteiger partial charge in [0.05, 0.1) is 10.2 Å². The third-order valence-corrected chi connectivity index (χ3v) is 5.80. The molecule has 5 nitrogen and oxygen atoms in total. The Morgan fingerprint density at radius 2 is 1.93 bits per heavy atom. The van der Waals surface area contributed by atoms with Crippen LogP contribution >= 0.6 is 11.3 Å². The van der Waals surface area contributed by atoms with Gasteiger partial charge < -0.3 is 9.32 Å². The van der Waals surface area contributed by atoms with Crippen molar-refractivity contribution in [1.29, 1.82) is 0 Å². The minimum atomic E-state index is -0.157. The number of para-hydroxylation sites is 2. The van der Waals surface area contributed by atoms with E-state index in [1.165, 1.54) is 5.56 Å². The molecule has 0 bridgehead atoms. The second-order valence-electron chi connectivity index (χ2n) is 7.02. The van der Waals surface area contributed by atoms with Crippen LogP contribution in [-0.4, -0.2) is 43.0 Å². The summed E-state index contributed by atoms with van der Waals surface area (Å²) in [6, 6.07) is 15.7. The zero-order valence-corrected chi connectivity index (χ0v) is 17.1. The molecule has 0 atom stereocenters. The van der Waals surface area contributed by atoms with E-state index in [2.05, 4.69) is 24.0 Å². The number of nitrogens with zero attached hydrogens (tertiary/aromatic N) is 3. The molecule has 0 unspecified atom stereocenters. The van der Waals surface area contributed by atoms with Crippen LogP contribution in [0.15, 0.2) is 52.9 Å². The third kappa shape index (κ3) is 3.53. The maximum Gasteiger partial charge on any atom is 0.295 e. The molecule has 0 spiro atoms. The average molecular weight is 394 g/mol. The van der Waals surface area contributed by atoms with Crippen LogP contribution in [0.3, 0.4) is 0 Å². The minimum Gasteiger partial charge on any atom is -0.451 e. The van der Waals surface area contributed by atoms with Crippen molar-refractivity contribution >= 4 is 43.6 Å². The van der Waals surface area contributed by atoms with Crippen molar-refractivity contribution < 1.29 is 9.21 Å². The van der Waals surface area contributed by atoms with E-state index in [9.17, 15) is 4.79 Å². The zero-order chi connectivity index (χ0) is 19.7. The monoisotopic (exact) mass is 393 g/mol. The van der Waals surface area contributed by atoms with E-state index in [0.717, 1.165) is 34.2 Å². The van der Waals surface area contributed by atoms with Crippen molar-refractivity contribution in [3.8, 4) is 0 Å². The summed E-state index contributed by atoms with van der Waals surface area (Å²) in [6.45, 7) is 3.41. The fourth-order valence-electron chi connectivity index (χ4n) is 3.20. The Bertz CT molecular complexity index is 1100. The Morgan fingerprint density at radius 3 is 2.68 bits per heavy atom. The lowest BCUT2D eigenvalue weighted by atomic mass is 10.1. The molecule has 6 heteroatoms. The Kier molecular flexibility index (Phi) is 5.15. The first-order valence-corrected chi connectivity index (χ1v) is 10.2. The lowest BCUT2D eigenvalue weighted by Gasteiger charge is -2.20. The van der Waals surface area contributed by atoms with Gasteiger partial charge in [-0.05, 0) is 44.3 Å². The normalized spacial score (nSPS) is 11.6. The number of furan rings is 1. The summed E-state index contributed by atoms with van der Waals surface area (Å²) >= 11 is 1.55. The molecular weight excluding hydrogens is 370 g/mol. The molecule has 0 saturated heterocycles. The first-order valence-electron chi connectivity index (χ1n) is 9.40. The molecule has 28 heavy (non-hydrogen) atoms. The molecule has 1 amide bonds. The quantitative estimate of drug-likeness (QED) is 0.472. The first-order chi connectivity index (χ1) is 13.6. The van der Waals surface area contributed by atoms with Gasteiger partial charge in [0, 0.05) is 18.5 Å². The number of aryl methyl sites for hydroxylation is 1. The summed E-state index contributed by atoms with van der Waals surface area (Å²) in [6.07, 6.45) is 0.912. The molecule has 2 aromatic carbocycles. The predicted octanol–water partition coefficient (Wildman–Crippen LogP) is 4.81. The summed E-state index contributed by atoms with van der Waals surface area (Å²) in [7, 11) is 3.99. The Balaban J connectivity index is 1.75. The van der Waals surface area contributed by atoms with Crippen molar-refractivity contribution in [1.82, 2.24) is 9.88 Å². The molecule has 0 radical (unpaired) electrons. The van der Waals surface area contributed by atoms with Gasteiger partial charge in [0.1, 0.15) is 5.58 Å². The third-order valence-electron chi connectivity index (χ3n) is 4.76. The fraction of sp³-hybridized carbons (Fsp3) is 0.273. The lowest BCUT2D eigenvalue weighted by Crippen LogP contribution is -2.36. The summed E-state index contributed by atoms with van der Waals surface area (Å²) in [5, 5.41) is 1.64. The van der Waals surface area contributed by atoms with E-state index in [4.69, 9.17) is 9.40 Å². The summed E-state index contributed by atoms with van der Waals surface area (Å²) < 4.78 is 6.93. The largest absolute Gasteiger partial charge is 0.451 e. The Morgan fingerprint density at radius 1 is 1.11 bits per heavy atom. The SMILES string of the molecule is CCc1cccc2sc(N(CCN(C)C)C(=O)c3cc4ccccc4o3)nc12. The molecule has 0 aliphatic heterocycles. The summed E-state index contributed by atoms with van der Waals surface area (Å²) in [4.78, 5) is 22.0. The van der Waals surface area contributed by atoms with Gasteiger partial charge in [-0.15, -0.1) is 0 Å². The van der Waals surface area contributed by atoms with Crippen LogP contribution < -0.4 is 4.90 Å². The minimum absolute atomic E-state index is 0.157. The number of fused-ring (bicyclic) bond motifs is 2. The number of hydrogen-bond donors (Lipinski definition) is 0. The Hall–Kier alpha value is -2.70. The lowest BCUT2D eigenvalue weighted by molar-refractivity contribution is 0.0960. The zero-order valence-electron chi connectivity index (χ0n) is 16.3. The number of hydrogen-bond acceptors (Lipinski definition) is 5. The molecule has 0 aliphatic carbocycles. The average Bonchev–Trinajstić information content (AvgIpc) is 3.31. The highest BCUT2D eigenvalue weighted by Gasteiger charge is 2.24. The molecule has 0 fully saturated rings.